The molecule has 0 aliphatic rings. The third-order valence-corrected chi connectivity index (χ3v) is 2.34. The summed E-state index contributed by atoms with van der Waals surface area (Å²) >= 11 is 0. The van der Waals surface area contributed by atoms with Crippen molar-refractivity contribution in [2.45, 2.75) is 59.1 Å². The van der Waals surface area contributed by atoms with Gasteiger partial charge in [0.05, 0.1) is 12.5 Å². The molecule has 4 nitrogen and oxygen atoms in total. The molecule has 0 spiro atoms. The van der Waals surface area contributed by atoms with Crippen LogP contribution in [-0.4, -0.2) is 17.7 Å². The van der Waals surface area contributed by atoms with Gasteiger partial charge in [-0.1, -0.05) is 20.3 Å². The van der Waals surface area contributed by atoms with Crippen LogP contribution in [0.5, 0.6) is 0 Å². The van der Waals surface area contributed by atoms with E-state index in [2.05, 4.69) is 11.4 Å². The zero-order valence-electron chi connectivity index (χ0n) is 10.8. The van der Waals surface area contributed by atoms with Crippen molar-refractivity contribution in [1.29, 1.82) is 5.26 Å². The van der Waals surface area contributed by atoms with E-state index in [1.165, 1.54) is 0 Å². The van der Waals surface area contributed by atoms with Gasteiger partial charge in [-0.25, -0.2) is 4.79 Å². The predicted octanol–water partition coefficient (Wildman–Crippen LogP) is 2.84. The Balaban J connectivity index is 4.30. The van der Waals surface area contributed by atoms with E-state index in [-0.39, 0.29) is 12.0 Å². The second-order valence-electron chi connectivity index (χ2n) is 5.00. The summed E-state index contributed by atoms with van der Waals surface area (Å²) in [6, 6.07) is 1.95. The first-order valence-electron chi connectivity index (χ1n) is 5.66. The molecule has 0 aromatic rings. The summed E-state index contributed by atoms with van der Waals surface area (Å²) in [5, 5.41) is 11.4. The number of alkyl carbamates (subject to hydrolysis) is 1. The molecule has 0 aromatic heterocycles. The molecule has 1 amide bonds. The second kappa shape index (κ2) is 6.37. The molecule has 4 heteroatoms. The van der Waals surface area contributed by atoms with Gasteiger partial charge in [0.1, 0.15) is 5.60 Å². The van der Waals surface area contributed by atoms with Crippen LogP contribution >= 0.6 is 0 Å². The lowest BCUT2D eigenvalue weighted by Gasteiger charge is -2.25. The van der Waals surface area contributed by atoms with Gasteiger partial charge in [-0.2, -0.15) is 5.26 Å². The molecular weight excluding hydrogens is 204 g/mol. The van der Waals surface area contributed by atoms with Gasteiger partial charge in [-0.05, 0) is 26.7 Å². The lowest BCUT2D eigenvalue weighted by molar-refractivity contribution is 0.0489. The molecule has 0 aromatic carbocycles. The van der Waals surface area contributed by atoms with Crippen LogP contribution in [0.25, 0.3) is 0 Å². The number of amides is 1. The Bertz CT molecular complexity index is 263. The fourth-order valence-electron chi connectivity index (χ4n) is 1.24. The predicted molar refractivity (Wildman–Crippen MR) is 62.8 cm³/mol. The number of ether oxygens (including phenoxy) is 1. The number of nitrogens with one attached hydrogen (secondary N) is 1. The molecule has 0 saturated carbocycles. The zero-order valence-corrected chi connectivity index (χ0v) is 10.8. The Hall–Kier alpha value is -1.24. The molecule has 0 aliphatic carbocycles. The van der Waals surface area contributed by atoms with Crippen LogP contribution in [0.3, 0.4) is 0 Å². The van der Waals surface area contributed by atoms with Gasteiger partial charge in [0, 0.05) is 6.04 Å². The number of hydrogen-bond acceptors (Lipinski definition) is 3. The van der Waals surface area contributed by atoms with Crippen molar-refractivity contribution < 1.29 is 9.53 Å². The molecule has 0 saturated heterocycles. The highest BCUT2D eigenvalue weighted by molar-refractivity contribution is 5.68. The van der Waals surface area contributed by atoms with Crippen LogP contribution in [0.15, 0.2) is 0 Å². The summed E-state index contributed by atoms with van der Waals surface area (Å²) in [7, 11) is 0. The highest BCUT2D eigenvalue weighted by Gasteiger charge is 2.22. The Kier molecular flexibility index (Phi) is 5.87. The van der Waals surface area contributed by atoms with Crippen LogP contribution < -0.4 is 5.32 Å². The summed E-state index contributed by atoms with van der Waals surface area (Å²) in [4.78, 5) is 11.5. The fraction of sp³-hybridized carbons (Fsp3) is 0.833. The normalized spacial score (nSPS) is 14.8. The van der Waals surface area contributed by atoms with Crippen LogP contribution in [-0.2, 0) is 4.74 Å². The number of nitriles is 1. The van der Waals surface area contributed by atoms with Crippen molar-refractivity contribution in [3.05, 3.63) is 0 Å². The minimum Gasteiger partial charge on any atom is -0.444 e. The number of carbonyl (C=O) groups is 1. The molecule has 0 fully saturated rings. The van der Waals surface area contributed by atoms with Gasteiger partial charge in [-0.15, -0.1) is 0 Å². The van der Waals surface area contributed by atoms with Crippen LogP contribution in [0, 0.1) is 17.2 Å². The molecule has 0 unspecified atom stereocenters. The fourth-order valence-corrected chi connectivity index (χ4v) is 1.24. The minimum atomic E-state index is -0.503. The summed E-state index contributed by atoms with van der Waals surface area (Å²) in [6.45, 7) is 9.49. The SMILES string of the molecule is CC[C@H](C)[C@@H](CC#N)NC(=O)OC(C)(C)C. The maximum atomic E-state index is 11.5. The Morgan fingerprint density at radius 3 is 2.44 bits per heavy atom. The first kappa shape index (κ1) is 14.8. The number of rotatable bonds is 4. The van der Waals surface area contributed by atoms with Crippen LogP contribution in [0.1, 0.15) is 47.5 Å². The highest BCUT2D eigenvalue weighted by Crippen LogP contribution is 2.12. The van der Waals surface area contributed by atoms with Gasteiger partial charge in [0.15, 0.2) is 0 Å². The zero-order chi connectivity index (χ0) is 12.8. The molecule has 0 bridgehead atoms. The first-order chi connectivity index (χ1) is 7.30. The quantitative estimate of drug-likeness (QED) is 0.801. The maximum Gasteiger partial charge on any atom is 0.407 e. The Morgan fingerprint density at radius 2 is 2.06 bits per heavy atom. The van der Waals surface area contributed by atoms with Crippen molar-refractivity contribution >= 4 is 6.09 Å². The van der Waals surface area contributed by atoms with Gasteiger partial charge in [-0.3, -0.25) is 0 Å². The van der Waals surface area contributed by atoms with E-state index in [0.29, 0.717) is 6.42 Å². The van der Waals surface area contributed by atoms with Crippen molar-refractivity contribution in [3.63, 3.8) is 0 Å². The lowest BCUT2D eigenvalue weighted by atomic mass is 9.97. The average molecular weight is 226 g/mol. The van der Waals surface area contributed by atoms with Crippen molar-refractivity contribution in [1.82, 2.24) is 5.32 Å². The monoisotopic (exact) mass is 226 g/mol. The molecule has 2 atom stereocenters. The smallest absolute Gasteiger partial charge is 0.407 e. The Morgan fingerprint density at radius 1 is 1.50 bits per heavy atom. The van der Waals surface area contributed by atoms with E-state index in [9.17, 15) is 4.79 Å². The average Bonchev–Trinajstić information content (AvgIpc) is 2.13. The molecule has 0 aliphatic heterocycles. The van der Waals surface area contributed by atoms with Gasteiger partial charge in [0.2, 0.25) is 0 Å². The van der Waals surface area contributed by atoms with E-state index in [1.54, 1.807) is 0 Å². The molecule has 92 valence electrons. The summed E-state index contributed by atoms with van der Waals surface area (Å²) in [5.74, 6) is 0.271. The summed E-state index contributed by atoms with van der Waals surface area (Å²) < 4.78 is 5.15. The standard InChI is InChI=1S/C12H22N2O2/c1-6-9(2)10(7-8-13)14-11(15)16-12(3,4)5/h9-10H,6-7H2,1-5H3,(H,14,15)/t9-,10+/m0/s1. The van der Waals surface area contributed by atoms with Crippen molar-refractivity contribution in [2.24, 2.45) is 5.92 Å². The highest BCUT2D eigenvalue weighted by atomic mass is 16.6. The molecule has 16 heavy (non-hydrogen) atoms. The second-order valence-corrected chi connectivity index (χ2v) is 5.00. The number of nitrogens with zero attached hydrogens (tertiary/aromatic N) is 1. The Labute approximate surface area is 98.0 Å². The molecule has 0 rings (SSSR count). The summed E-state index contributed by atoms with van der Waals surface area (Å²) in [6.07, 6.45) is 0.782. The lowest BCUT2D eigenvalue weighted by Crippen LogP contribution is -2.42. The van der Waals surface area contributed by atoms with Gasteiger partial charge >= 0.3 is 6.09 Å². The van der Waals surface area contributed by atoms with Crippen LogP contribution in [0.4, 0.5) is 4.79 Å². The van der Waals surface area contributed by atoms with Crippen molar-refractivity contribution in [3.8, 4) is 6.07 Å². The minimum absolute atomic E-state index is 0.134. The first-order valence-corrected chi connectivity index (χ1v) is 5.66. The molecule has 0 radical (unpaired) electrons. The van der Waals surface area contributed by atoms with Gasteiger partial charge < -0.3 is 10.1 Å². The molecule has 0 heterocycles. The topological polar surface area (TPSA) is 62.1 Å². The third kappa shape index (κ3) is 6.28. The van der Waals surface area contributed by atoms with E-state index in [1.807, 2.05) is 34.6 Å². The third-order valence-electron chi connectivity index (χ3n) is 2.34. The maximum absolute atomic E-state index is 11.5. The van der Waals surface area contributed by atoms with E-state index in [4.69, 9.17) is 10.00 Å². The largest absolute Gasteiger partial charge is 0.444 e. The molecule has 1 N–H and O–H groups in total. The number of hydrogen-bond donors (Lipinski definition) is 1. The molecular formula is C12H22N2O2. The van der Waals surface area contributed by atoms with Gasteiger partial charge in [0.25, 0.3) is 0 Å². The van der Waals surface area contributed by atoms with E-state index < -0.39 is 11.7 Å². The van der Waals surface area contributed by atoms with E-state index in [0.717, 1.165) is 6.42 Å². The number of carbonyl (C=O) groups excluding carboxylic acids is 1. The van der Waals surface area contributed by atoms with E-state index >= 15 is 0 Å². The van der Waals surface area contributed by atoms with Crippen molar-refractivity contribution in [2.75, 3.05) is 0 Å². The summed E-state index contributed by atoms with van der Waals surface area (Å²) in [5.41, 5.74) is -0.503. The van der Waals surface area contributed by atoms with Crippen LogP contribution in [0.2, 0.25) is 0 Å².